The molecule has 180 valence electrons. The van der Waals surface area contributed by atoms with E-state index in [4.69, 9.17) is 4.74 Å². The lowest BCUT2D eigenvalue weighted by Crippen LogP contribution is -2.40. The first kappa shape index (κ1) is 23.3. The van der Waals surface area contributed by atoms with Crippen LogP contribution in [0.5, 0.6) is 5.75 Å². The maximum atomic E-state index is 12.9. The quantitative estimate of drug-likeness (QED) is 0.304. The van der Waals surface area contributed by atoms with Crippen molar-refractivity contribution in [1.29, 1.82) is 10.5 Å². The van der Waals surface area contributed by atoms with E-state index in [9.17, 15) is 15.3 Å². The molecule has 1 saturated heterocycles. The number of nitrogens with zero attached hydrogens (tertiary/aromatic N) is 8. The number of hydrogen-bond donors (Lipinski definition) is 0. The third kappa shape index (κ3) is 4.10. The Bertz CT molecular complexity index is 1540. The highest BCUT2D eigenvalue weighted by Gasteiger charge is 2.28. The zero-order chi connectivity index (χ0) is 25.2. The van der Waals surface area contributed by atoms with Gasteiger partial charge in [0.25, 0.3) is 5.91 Å². The lowest BCUT2D eigenvalue weighted by Gasteiger charge is -2.32. The van der Waals surface area contributed by atoms with Crippen LogP contribution < -0.4 is 4.74 Å². The molecule has 0 unspecified atom stereocenters. The number of carbonyl (C=O) groups is 1. The van der Waals surface area contributed by atoms with Crippen LogP contribution in [0, 0.1) is 29.6 Å². The van der Waals surface area contributed by atoms with E-state index in [2.05, 4.69) is 20.6 Å². The van der Waals surface area contributed by atoms with Crippen LogP contribution in [0.4, 0.5) is 0 Å². The smallest absolute Gasteiger partial charge is 0.264 e. The molecule has 4 aromatic heterocycles. The Morgan fingerprint density at radius 2 is 2.03 bits per heavy atom. The van der Waals surface area contributed by atoms with E-state index >= 15 is 0 Å². The summed E-state index contributed by atoms with van der Waals surface area (Å²) in [5, 5.41) is 29.6. The average Bonchev–Trinajstić information content (AvgIpc) is 3.66. The maximum absolute atomic E-state index is 12.9. The molecule has 0 bridgehead atoms. The van der Waals surface area contributed by atoms with Gasteiger partial charge in [-0.1, -0.05) is 0 Å². The fraction of sp³-hybridized carbons (Fsp3) is 0.280. The Kier molecular flexibility index (Phi) is 6.23. The van der Waals surface area contributed by atoms with Crippen LogP contribution in [0.1, 0.15) is 35.7 Å². The van der Waals surface area contributed by atoms with Gasteiger partial charge in [0.05, 0.1) is 25.5 Å². The molecule has 0 radical (unpaired) electrons. The van der Waals surface area contributed by atoms with Gasteiger partial charge in [-0.2, -0.15) is 20.7 Å². The van der Waals surface area contributed by atoms with Crippen molar-refractivity contribution >= 4 is 29.0 Å². The van der Waals surface area contributed by atoms with Crippen molar-refractivity contribution in [2.24, 2.45) is 0 Å². The highest BCUT2D eigenvalue weighted by molar-refractivity contribution is 7.03. The summed E-state index contributed by atoms with van der Waals surface area (Å²) in [4.78, 5) is 14.6. The highest BCUT2D eigenvalue weighted by Crippen LogP contribution is 2.33. The van der Waals surface area contributed by atoms with Crippen molar-refractivity contribution in [3.05, 3.63) is 58.6 Å². The first-order valence-electron chi connectivity index (χ1n) is 11.3. The molecule has 0 spiro atoms. The Labute approximate surface area is 211 Å². The largest absolute Gasteiger partial charge is 0.494 e. The number of carbonyl (C=O) groups excluding carboxylic acids is 1. The number of likely N-dealkylation sites (tertiary alicyclic amines) is 1. The zero-order valence-electron chi connectivity index (χ0n) is 19.7. The van der Waals surface area contributed by atoms with Gasteiger partial charge in [0.15, 0.2) is 0 Å². The average molecular weight is 499 g/mol. The second-order valence-corrected chi connectivity index (χ2v) is 9.16. The van der Waals surface area contributed by atoms with Gasteiger partial charge in [0.2, 0.25) is 0 Å². The summed E-state index contributed by atoms with van der Waals surface area (Å²) in [6, 6.07) is 6.21. The van der Waals surface area contributed by atoms with Crippen LogP contribution in [-0.2, 0) is 4.79 Å². The summed E-state index contributed by atoms with van der Waals surface area (Å²) in [6.07, 6.45) is 9.92. The molecule has 0 atom stereocenters. The van der Waals surface area contributed by atoms with Crippen LogP contribution in [0.25, 0.3) is 22.7 Å². The first-order valence-corrected chi connectivity index (χ1v) is 12.2. The van der Waals surface area contributed by atoms with E-state index < -0.39 is 0 Å². The SMILES string of the molecule is COc1cc(-c2cnn(C3CCN(C(=O)/C(C#N)=C/c4cnsc4)CC3)c2C)cn2ncc(C#N)c12. The molecule has 1 amide bonds. The van der Waals surface area contributed by atoms with E-state index in [1.54, 1.807) is 34.2 Å². The minimum atomic E-state index is -0.253. The van der Waals surface area contributed by atoms with Crippen molar-refractivity contribution < 1.29 is 9.53 Å². The fourth-order valence-corrected chi connectivity index (χ4v) is 5.11. The molecule has 0 N–H and O–H groups in total. The molecular weight excluding hydrogens is 476 g/mol. The van der Waals surface area contributed by atoms with Gasteiger partial charge < -0.3 is 9.64 Å². The van der Waals surface area contributed by atoms with Crippen molar-refractivity contribution in [3.63, 3.8) is 0 Å². The van der Waals surface area contributed by atoms with Crippen LogP contribution in [0.15, 0.2) is 41.8 Å². The summed E-state index contributed by atoms with van der Waals surface area (Å²) in [5.74, 6) is 0.316. The number of pyridine rings is 1. The minimum absolute atomic E-state index is 0.119. The monoisotopic (exact) mass is 498 g/mol. The molecule has 1 aliphatic heterocycles. The summed E-state index contributed by atoms with van der Waals surface area (Å²) < 4.78 is 13.2. The molecule has 1 fully saturated rings. The molecule has 0 saturated carbocycles. The molecule has 10 nitrogen and oxygen atoms in total. The predicted molar refractivity (Wildman–Crippen MR) is 133 cm³/mol. The van der Waals surface area contributed by atoms with E-state index in [0.717, 1.165) is 35.2 Å². The van der Waals surface area contributed by atoms with E-state index in [0.29, 0.717) is 29.9 Å². The standard InChI is InChI=1S/C25H22N8O2S/c1-16-22(19-8-23(35-2)24-20(10-27)12-28-32(24)14-19)13-29-33(16)21-3-5-31(6-4-21)25(34)18(9-26)7-17-11-30-36-15-17/h7-8,11-15,21H,3-6H2,1-2H3/b18-7+. The third-order valence-electron chi connectivity index (χ3n) is 6.48. The molecule has 11 heteroatoms. The van der Waals surface area contributed by atoms with Crippen molar-refractivity contribution in [2.45, 2.75) is 25.8 Å². The van der Waals surface area contributed by atoms with Crippen molar-refractivity contribution in [1.82, 2.24) is 28.7 Å². The van der Waals surface area contributed by atoms with E-state index in [1.165, 1.54) is 17.7 Å². The summed E-state index contributed by atoms with van der Waals surface area (Å²) in [5.41, 5.74) is 4.79. The first-order chi connectivity index (χ1) is 17.5. The second-order valence-electron chi connectivity index (χ2n) is 8.50. The van der Waals surface area contributed by atoms with Crippen LogP contribution in [-0.4, -0.2) is 54.8 Å². The maximum Gasteiger partial charge on any atom is 0.264 e. The molecule has 1 aliphatic rings. The number of piperidine rings is 1. The van der Waals surface area contributed by atoms with Gasteiger partial charge in [-0.15, -0.1) is 0 Å². The number of amides is 1. The number of aromatic nitrogens is 5. The van der Waals surface area contributed by atoms with Gasteiger partial charge in [-0.3, -0.25) is 9.48 Å². The number of rotatable bonds is 5. The number of ether oxygens (including phenoxy) is 1. The van der Waals surface area contributed by atoms with Gasteiger partial charge in [0.1, 0.15) is 34.5 Å². The minimum Gasteiger partial charge on any atom is -0.494 e. The molecule has 36 heavy (non-hydrogen) atoms. The van der Waals surface area contributed by atoms with Gasteiger partial charge in [0, 0.05) is 53.2 Å². The van der Waals surface area contributed by atoms with E-state index in [1.807, 2.05) is 36.1 Å². The number of hydrogen-bond acceptors (Lipinski definition) is 8. The Morgan fingerprint density at radius 1 is 1.22 bits per heavy atom. The van der Waals surface area contributed by atoms with Crippen molar-refractivity contribution in [3.8, 4) is 29.0 Å². The van der Waals surface area contributed by atoms with Gasteiger partial charge >= 0.3 is 0 Å². The molecular formula is C25H22N8O2S. The Hall–Kier alpha value is -4.48. The second kappa shape index (κ2) is 9.64. The molecule has 0 aromatic carbocycles. The van der Waals surface area contributed by atoms with Crippen LogP contribution >= 0.6 is 11.5 Å². The molecule has 0 aliphatic carbocycles. The normalized spacial score (nSPS) is 14.6. The fourth-order valence-electron chi connectivity index (χ4n) is 4.62. The summed E-state index contributed by atoms with van der Waals surface area (Å²) in [6.45, 7) is 3.11. The lowest BCUT2D eigenvalue weighted by atomic mass is 10.0. The number of fused-ring (bicyclic) bond motifs is 1. The molecule has 5 rings (SSSR count). The molecule has 5 heterocycles. The lowest BCUT2D eigenvalue weighted by molar-refractivity contribution is -0.127. The topological polar surface area (TPSA) is 125 Å². The Morgan fingerprint density at radius 3 is 2.69 bits per heavy atom. The predicted octanol–water partition coefficient (Wildman–Crippen LogP) is 3.61. The van der Waals surface area contributed by atoms with Crippen LogP contribution in [0.2, 0.25) is 0 Å². The van der Waals surface area contributed by atoms with Crippen LogP contribution in [0.3, 0.4) is 0 Å². The van der Waals surface area contributed by atoms with Gasteiger partial charge in [-0.25, -0.2) is 8.89 Å². The summed E-state index contributed by atoms with van der Waals surface area (Å²) in [7, 11) is 1.57. The van der Waals surface area contributed by atoms with Crippen molar-refractivity contribution in [2.75, 3.05) is 20.2 Å². The number of methoxy groups -OCH3 is 1. The number of nitriles is 2. The zero-order valence-corrected chi connectivity index (χ0v) is 20.6. The third-order valence-corrected chi connectivity index (χ3v) is 7.09. The Balaban J connectivity index is 1.34. The highest BCUT2D eigenvalue weighted by atomic mass is 32.1. The molecule has 4 aromatic rings. The summed E-state index contributed by atoms with van der Waals surface area (Å²) >= 11 is 1.28. The van der Waals surface area contributed by atoms with E-state index in [-0.39, 0.29) is 17.5 Å². The van der Waals surface area contributed by atoms with Gasteiger partial charge in [-0.05, 0) is 43.4 Å².